The maximum Gasteiger partial charge on any atom is 0.407 e. The second kappa shape index (κ2) is 9.87. The average Bonchev–Trinajstić information content (AvgIpc) is 3.58. The van der Waals surface area contributed by atoms with Gasteiger partial charge in [-0.25, -0.2) is 9.59 Å². The number of carbonyl (C=O) groups is 3. The van der Waals surface area contributed by atoms with Crippen molar-refractivity contribution in [1.29, 1.82) is 0 Å². The van der Waals surface area contributed by atoms with Gasteiger partial charge in [0.1, 0.15) is 18.2 Å². The molecule has 0 aliphatic heterocycles. The summed E-state index contributed by atoms with van der Waals surface area (Å²) < 4.78 is 5.60. The zero-order valence-electron chi connectivity index (χ0n) is 19.7. The number of hydrogen-bond acceptors (Lipinski definition) is 4. The van der Waals surface area contributed by atoms with Gasteiger partial charge in [0.05, 0.1) is 0 Å². The number of rotatable bonds is 10. The summed E-state index contributed by atoms with van der Waals surface area (Å²) in [6, 6.07) is 15.3. The molecule has 2 atom stereocenters. The molecule has 34 heavy (non-hydrogen) atoms. The predicted molar refractivity (Wildman–Crippen MR) is 128 cm³/mol. The van der Waals surface area contributed by atoms with Crippen molar-refractivity contribution in [3.05, 3.63) is 59.7 Å². The Bertz CT molecular complexity index is 1030. The molecule has 0 aromatic heterocycles. The molecule has 0 spiro atoms. The third-order valence-electron chi connectivity index (χ3n) is 6.84. The van der Waals surface area contributed by atoms with Crippen LogP contribution in [0.5, 0.6) is 0 Å². The fraction of sp³-hybridized carbons (Fsp3) is 0.444. The van der Waals surface area contributed by atoms with Crippen molar-refractivity contribution in [2.75, 3.05) is 6.61 Å². The van der Waals surface area contributed by atoms with Crippen molar-refractivity contribution in [2.45, 2.75) is 63.5 Å². The van der Waals surface area contributed by atoms with Crippen LogP contribution in [0.4, 0.5) is 4.79 Å². The van der Waals surface area contributed by atoms with Crippen molar-refractivity contribution < 1.29 is 24.2 Å². The lowest BCUT2D eigenvalue weighted by molar-refractivity contribution is -0.147. The molecule has 2 aromatic rings. The first-order valence-electron chi connectivity index (χ1n) is 12.0. The van der Waals surface area contributed by atoms with Crippen LogP contribution in [-0.2, 0) is 14.3 Å². The summed E-state index contributed by atoms with van der Waals surface area (Å²) in [6.45, 7) is 3.52. The van der Waals surface area contributed by atoms with Crippen LogP contribution in [0.25, 0.3) is 11.1 Å². The van der Waals surface area contributed by atoms with E-state index in [-0.39, 0.29) is 12.5 Å². The normalized spacial score (nSPS) is 17.1. The third kappa shape index (κ3) is 5.08. The number of carboxylic acids is 1. The number of fused-ring (bicyclic) bond motifs is 3. The molecule has 7 heteroatoms. The van der Waals surface area contributed by atoms with Gasteiger partial charge in [0.25, 0.3) is 0 Å². The highest BCUT2D eigenvalue weighted by molar-refractivity contribution is 5.91. The van der Waals surface area contributed by atoms with E-state index in [1.807, 2.05) is 43.3 Å². The van der Waals surface area contributed by atoms with Crippen LogP contribution in [-0.4, -0.2) is 41.3 Å². The molecule has 4 rings (SSSR count). The Labute approximate surface area is 199 Å². The van der Waals surface area contributed by atoms with Crippen molar-refractivity contribution in [2.24, 2.45) is 5.92 Å². The smallest absolute Gasteiger partial charge is 0.407 e. The summed E-state index contributed by atoms with van der Waals surface area (Å²) in [7, 11) is 0. The Balaban J connectivity index is 1.42. The molecule has 2 aliphatic carbocycles. The zero-order valence-corrected chi connectivity index (χ0v) is 19.7. The molecule has 180 valence electrons. The number of benzene rings is 2. The molecule has 2 aromatic carbocycles. The van der Waals surface area contributed by atoms with Gasteiger partial charge < -0.3 is 20.5 Å². The number of amides is 2. The minimum Gasteiger partial charge on any atom is -0.480 e. The Hall–Kier alpha value is -3.35. The fourth-order valence-corrected chi connectivity index (χ4v) is 4.78. The predicted octanol–water partition coefficient (Wildman–Crippen LogP) is 4.45. The number of hydrogen-bond donors (Lipinski definition) is 3. The second-order valence-corrected chi connectivity index (χ2v) is 9.58. The number of carbonyl (C=O) groups excluding carboxylic acids is 2. The molecule has 0 heterocycles. The summed E-state index contributed by atoms with van der Waals surface area (Å²) in [5.41, 5.74) is 3.13. The Morgan fingerprint density at radius 1 is 1.06 bits per heavy atom. The molecule has 0 saturated heterocycles. The molecule has 1 unspecified atom stereocenters. The van der Waals surface area contributed by atoms with E-state index >= 15 is 0 Å². The van der Waals surface area contributed by atoms with Crippen molar-refractivity contribution >= 4 is 18.0 Å². The molecular weight excluding hydrogens is 432 g/mol. The van der Waals surface area contributed by atoms with E-state index < -0.39 is 29.6 Å². The first-order valence-corrected chi connectivity index (χ1v) is 12.0. The number of ether oxygens (including phenoxy) is 1. The minimum atomic E-state index is -1.38. The van der Waals surface area contributed by atoms with Crippen LogP contribution in [0, 0.1) is 5.92 Å². The fourth-order valence-electron chi connectivity index (χ4n) is 4.78. The van der Waals surface area contributed by atoms with E-state index in [1.54, 1.807) is 0 Å². The summed E-state index contributed by atoms with van der Waals surface area (Å²) in [5, 5.41) is 15.0. The standard InChI is InChI=1S/C27H32N2O5/c1-3-14-27(2,25(31)32)29-24(30)23(15-17-12-13-17)28-26(33)34-16-22-20-10-6-4-8-18(20)19-9-5-7-11-21(19)22/h4-11,17,22-23H,3,12-16H2,1-2H3,(H,28,33)(H,29,30)(H,31,32)/t23-,27?/m0/s1. The minimum absolute atomic E-state index is 0.0753. The molecular formula is C27H32N2O5. The van der Waals surface area contributed by atoms with Crippen molar-refractivity contribution in [3.8, 4) is 11.1 Å². The Morgan fingerprint density at radius 2 is 1.65 bits per heavy atom. The van der Waals surface area contributed by atoms with E-state index in [0.29, 0.717) is 25.2 Å². The highest BCUT2D eigenvalue weighted by Gasteiger charge is 2.38. The third-order valence-corrected chi connectivity index (χ3v) is 6.84. The quantitative estimate of drug-likeness (QED) is 0.482. The van der Waals surface area contributed by atoms with Gasteiger partial charge in [-0.15, -0.1) is 0 Å². The average molecular weight is 465 g/mol. The van der Waals surface area contributed by atoms with Crippen LogP contribution >= 0.6 is 0 Å². The van der Waals surface area contributed by atoms with Crippen LogP contribution in [0.2, 0.25) is 0 Å². The number of nitrogens with one attached hydrogen (secondary N) is 2. The Kier molecular flexibility index (Phi) is 6.91. The molecule has 2 aliphatic rings. The molecule has 7 nitrogen and oxygen atoms in total. The Morgan fingerprint density at radius 3 is 2.18 bits per heavy atom. The van der Waals surface area contributed by atoms with E-state index in [9.17, 15) is 19.5 Å². The highest BCUT2D eigenvalue weighted by atomic mass is 16.5. The lowest BCUT2D eigenvalue weighted by atomic mass is 9.95. The van der Waals surface area contributed by atoms with E-state index in [1.165, 1.54) is 6.92 Å². The van der Waals surface area contributed by atoms with Gasteiger partial charge in [-0.2, -0.15) is 0 Å². The van der Waals surface area contributed by atoms with Gasteiger partial charge in [0.2, 0.25) is 5.91 Å². The zero-order chi connectivity index (χ0) is 24.3. The lowest BCUT2D eigenvalue weighted by Gasteiger charge is -2.28. The van der Waals surface area contributed by atoms with Gasteiger partial charge >= 0.3 is 12.1 Å². The number of alkyl carbamates (subject to hydrolysis) is 1. The van der Waals surface area contributed by atoms with Gasteiger partial charge in [0, 0.05) is 5.92 Å². The monoisotopic (exact) mass is 464 g/mol. The van der Waals surface area contributed by atoms with E-state index in [0.717, 1.165) is 35.1 Å². The lowest BCUT2D eigenvalue weighted by Crippen LogP contribution is -2.58. The molecule has 0 radical (unpaired) electrons. The molecule has 2 amide bonds. The SMILES string of the molecule is CCCC(C)(NC(=O)[C@H](CC1CC1)NC(=O)OCC1c2ccccc2-c2ccccc21)C(=O)O. The van der Waals surface area contributed by atoms with Gasteiger partial charge in [0.15, 0.2) is 0 Å². The van der Waals surface area contributed by atoms with Crippen LogP contribution in [0.15, 0.2) is 48.5 Å². The number of aliphatic carboxylic acids is 1. The summed E-state index contributed by atoms with van der Waals surface area (Å²) in [5.74, 6) is -1.30. The second-order valence-electron chi connectivity index (χ2n) is 9.58. The number of carboxylic acid groups (broad SMARTS) is 1. The van der Waals surface area contributed by atoms with Gasteiger partial charge in [-0.05, 0) is 47.9 Å². The maximum absolute atomic E-state index is 13.0. The molecule has 3 N–H and O–H groups in total. The van der Waals surface area contributed by atoms with Gasteiger partial charge in [-0.3, -0.25) is 4.79 Å². The summed E-state index contributed by atoms with van der Waals surface area (Å²) >= 11 is 0. The van der Waals surface area contributed by atoms with Crippen LogP contribution in [0.1, 0.15) is 63.0 Å². The highest BCUT2D eigenvalue weighted by Crippen LogP contribution is 2.44. The van der Waals surface area contributed by atoms with E-state index in [4.69, 9.17) is 4.74 Å². The topological polar surface area (TPSA) is 105 Å². The molecule has 0 bridgehead atoms. The first-order chi connectivity index (χ1) is 16.3. The van der Waals surface area contributed by atoms with Crippen molar-refractivity contribution in [1.82, 2.24) is 10.6 Å². The van der Waals surface area contributed by atoms with Crippen LogP contribution < -0.4 is 10.6 Å². The van der Waals surface area contributed by atoms with E-state index in [2.05, 4.69) is 22.8 Å². The van der Waals surface area contributed by atoms with Crippen LogP contribution in [0.3, 0.4) is 0 Å². The first kappa shape index (κ1) is 23.8. The van der Waals surface area contributed by atoms with Gasteiger partial charge in [-0.1, -0.05) is 74.7 Å². The maximum atomic E-state index is 13.0. The van der Waals surface area contributed by atoms with Crippen molar-refractivity contribution in [3.63, 3.8) is 0 Å². The summed E-state index contributed by atoms with van der Waals surface area (Å²) in [6.07, 6.45) is 2.71. The largest absolute Gasteiger partial charge is 0.480 e. The summed E-state index contributed by atoms with van der Waals surface area (Å²) in [4.78, 5) is 37.5. The molecule has 1 saturated carbocycles. The molecule has 1 fully saturated rings.